The van der Waals surface area contributed by atoms with Gasteiger partial charge in [0.2, 0.25) is 5.91 Å². The van der Waals surface area contributed by atoms with E-state index in [9.17, 15) is 4.79 Å². The van der Waals surface area contributed by atoms with Crippen molar-refractivity contribution in [3.8, 4) is 0 Å². The highest BCUT2D eigenvalue weighted by atomic mass is 16.5. The lowest BCUT2D eigenvalue weighted by Gasteiger charge is -2.37. The summed E-state index contributed by atoms with van der Waals surface area (Å²) in [6.07, 6.45) is 4.77. The van der Waals surface area contributed by atoms with Crippen molar-refractivity contribution in [1.29, 1.82) is 0 Å². The van der Waals surface area contributed by atoms with Gasteiger partial charge in [-0.3, -0.25) is 14.4 Å². The maximum absolute atomic E-state index is 13.1. The molecule has 0 radical (unpaired) electrons. The van der Waals surface area contributed by atoms with Crippen molar-refractivity contribution in [3.63, 3.8) is 0 Å². The number of para-hydroxylation sites is 1. The summed E-state index contributed by atoms with van der Waals surface area (Å²) in [6, 6.07) is 9.91. The number of rotatable bonds is 3. The van der Waals surface area contributed by atoms with E-state index in [1.54, 1.807) is 0 Å². The third-order valence-electron chi connectivity index (χ3n) is 5.11. The lowest BCUT2D eigenvalue weighted by atomic mass is 9.92. The quantitative estimate of drug-likeness (QED) is 0.853. The Morgan fingerprint density at radius 1 is 1.24 bits per heavy atom. The Morgan fingerprint density at radius 2 is 2.08 bits per heavy atom. The third-order valence-corrected chi connectivity index (χ3v) is 5.11. The molecule has 1 aromatic heterocycles. The standard InChI is InChI=1S/C19H24N4O2/c1-21-12-15(11-20-21)13-22-8-7-17-18(14-22)25-10-9-23(19(17)24)16-5-3-2-4-6-16/h2-6,11-12,17-18H,7-10,13-14H2,1H3/t17-,18+/m1/s1. The summed E-state index contributed by atoms with van der Waals surface area (Å²) >= 11 is 0. The zero-order chi connectivity index (χ0) is 17.2. The average molecular weight is 340 g/mol. The summed E-state index contributed by atoms with van der Waals surface area (Å²) in [5.74, 6) is 0.155. The molecule has 4 rings (SSSR count). The first kappa shape index (κ1) is 16.3. The molecule has 0 spiro atoms. The minimum absolute atomic E-state index is 0.0216. The predicted octanol–water partition coefficient (Wildman–Crippen LogP) is 1.67. The maximum atomic E-state index is 13.1. The van der Waals surface area contributed by atoms with E-state index in [0.717, 1.165) is 31.7 Å². The number of aromatic nitrogens is 2. The van der Waals surface area contributed by atoms with Gasteiger partial charge in [-0.05, 0) is 25.1 Å². The summed E-state index contributed by atoms with van der Waals surface area (Å²) in [5, 5.41) is 4.23. The molecule has 0 bridgehead atoms. The minimum Gasteiger partial charge on any atom is -0.374 e. The summed E-state index contributed by atoms with van der Waals surface area (Å²) < 4.78 is 7.90. The van der Waals surface area contributed by atoms with Gasteiger partial charge in [0.15, 0.2) is 0 Å². The lowest BCUT2D eigenvalue weighted by Crippen LogP contribution is -2.49. The number of ether oxygens (including phenoxy) is 1. The number of aryl methyl sites for hydroxylation is 1. The van der Waals surface area contributed by atoms with Gasteiger partial charge in [-0.1, -0.05) is 18.2 Å². The summed E-state index contributed by atoms with van der Waals surface area (Å²) in [5.41, 5.74) is 2.17. The largest absolute Gasteiger partial charge is 0.374 e. The van der Waals surface area contributed by atoms with Crippen LogP contribution in [0.4, 0.5) is 5.69 Å². The molecule has 0 saturated carbocycles. The van der Waals surface area contributed by atoms with E-state index in [1.165, 1.54) is 5.56 Å². The van der Waals surface area contributed by atoms with Crippen molar-refractivity contribution in [2.75, 3.05) is 31.1 Å². The van der Waals surface area contributed by atoms with Crippen LogP contribution < -0.4 is 4.90 Å². The molecule has 2 aliphatic heterocycles. The molecule has 132 valence electrons. The molecule has 2 aliphatic rings. The number of nitrogens with zero attached hydrogens (tertiary/aromatic N) is 4. The van der Waals surface area contributed by atoms with Gasteiger partial charge >= 0.3 is 0 Å². The number of hydrogen-bond acceptors (Lipinski definition) is 4. The zero-order valence-corrected chi connectivity index (χ0v) is 14.5. The molecule has 6 heteroatoms. The molecule has 0 N–H and O–H groups in total. The summed E-state index contributed by atoms with van der Waals surface area (Å²) in [6.45, 7) is 3.78. The van der Waals surface area contributed by atoms with Crippen LogP contribution in [0.25, 0.3) is 0 Å². The Morgan fingerprint density at radius 3 is 2.84 bits per heavy atom. The molecule has 1 amide bonds. The van der Waals surface area contributed by atoms with Crippen molar-refractivity contribution >= 4 is 11.6 Å². The Balaban J connectivity index is 1.45. The smallest absolute Gasteiger partial charge is 0.232 e. The maximum Gasteiger partial charge on any atom is 0.232 e. The van der Waals surface area contributed by atoms with Crippen molar-refractivity contribution in [2.45, 2.75) is 19.1 Å². The molecule has 2 atom stereocenters. The fourth-order valence-electron chi connectivity index (χ4n) is 3.86. The summed E-state index contributed by atoms with van der Waals surface area (Å²) in [7, 11) is 1.93. The number of likely N-dealkylation sites (tertiary alicyclic amines) is 1. The number of piperidine rings is 1. The molecule has 6 nitrogen and oxygen atoms in total. The van der Waals surface area contributed by atoms with Gasteiger partial charge in [0.1, 0.15) is 0 Å². The Hall–Kier alpha value is -2.18. The van der Waals surface area contributed by atoms with E-state index in [2.05, 4.69) is 10.00 Å². The topological polar surface area (TPSA) is 50.6 Å². The Bertz CT molecular complexity index is 730. The number of hydrogen-bond donors (Lipinski definition) is 0. The minimum atomic E-state index is -0.0483. The van der Waals surface area contributed by atoms with Crippen LogP contribution in [0.15, 0.2) is 42.7 Å². The Labute approximate surface area is 148 Å². The molecule has 25 heavy (non-hydrogen) atoms. The second-order valence-corrected chi connectivity index (χ2v) is 6.89. The van der Waals surface area contributed by atoms with Crippen molar-refractivity contribution in [2.24, 2.45) is 13.0 Å². The van der Waals surface area contributed by atoms with Crippen LogP contribution in [0, 0.1) is 5.92 Å². The number of benzene rings is 1. The molecule has 0 aliphatic carbocycles. The fraction of sp³-hybridized carbons (Fsp3) is 0.474. The highest BCUT2D eigenvalue weighted by Crippen LogP contribution is 2.28. The van der Waals surface area contributed by atoms with Gasteiger partial charge in [-0.15, -0.1) is 0 Å². The molecular weight excluding hydrogens is 316 g/mol. The van der Waals surface area contributed by atoms with E-state index >= 15 is 0 Å². The molecule has 2 saturated heterocycles. The first-order valence-electron chi connectivity index (χ1n) is 8.88. The third kappa shape index (κ3) is 3.45. The van der Waals surface area contributed by atoms with Gasteiger partial charge in [0.05, 0.1) is 24.8 Å². The predicted molar refractivity (Wildman–Crippen MR) is 95.1 cm³/mol. The number of fused-ring (bicyclic) bond motifs is 1. The van der Waals surface area contributed by atoms with Crippen LogP contribution in [0.2, 0.25) is 0 Å². The molecule has 0 unspecified atom stereocenters. The van der Waals surface area contributed by atoms with Gasteiger partial charge in [-0.25, -0.2) is 0 Å². The number of anilines is 1. The van der Waals surface area contributed by atoms with Crippen LogP contribution in [0.5, 0.6) is 0 Å². The highest BCUT2D eigenvalue weighted by Gasteiger charge is 2.39. The number of carbonyl (C=O) groups is 1. The van der Waals surface area contributed by atoms with Gasteiger partial charge in [-0.2, -0.15) is 5.10 Å². The van der Waals surface area contributed by atoms with Crippen LogP contribution in [-0.2, 0) is 23.1 Å². The molecule has 1 aromatic carbocycles. The van der Waals surface area contributed by atoms with E-state index in [4.69, 9.17) is 4.74 Å². The second kappa shape index (κ2) is 6.98. The van der Waals surface area contributed by atoms with Gasteiger partial charge in [0, 0.05) is 44.1 Å². The SMILES string of the molecule is Cn1cc(CN2CC[C@H]3C(=O)N(c4ccccc4)CCO[C@H]3C2)cn1. The number of carbonyl (C=O) groups excluding carboxylic acids is 1. The molecule has 3 heterocycles. The first-order chi connectivity index (χ1) is 12.2. The molecule has 2 aromatic rings. The van der Waals surface area contributed by atoms with E-state index in [0.29, 0.717) is 13.2 Å². The van der Waals surface area contributed by atoms with Crippen molar-refractivity contribution < 1.29 is 9.53 Å². The molecular formula is C19H24N4O2. The Kier molecular flexibility index (Phi) is 4.55. The second-order valence-electron chi connectivity index (χ2n) is 6.89. The van der Waals surface area contributed by atoms with Crippen LogP contribution in [-0.4, -0.2) is 52.9 Å². The van der Waals surface area contributed by atoms with Crippen LogP contribution >= 0.6 is 0 Å². The summed E-state index contributed by atoms with van der Waals surface area (Å²) in [4.78, 5) is 17.3. The zero-order valence-electron chi connectivity index (χ0n) is 14.5. The highest BCUT2D eigenvalue weighted by molar-refractivity contribution is 5.95. The van der Waals surface area contributed by atoms with E-state index in [1.807, 2.05) is 59.4 Å². The fourth-order valence-corrected chi connectivity index (χ4v) is 3.86. The monoisotopic (exact) mass is 340 g/mol. The first-order valence-corrected chi connectivity index (χ1v) is 8.88. The number of amides is 1. The van der Waals surface area contributed by atoms with E-state index in [-0.39, 0.29) is 17.9 Å². The lowest BCUT2D eigenvalue weighted by molar-refractivity contribution is -0.128. The van der Waals surface area contributed by atoms with Crippen molar-refractivity contribution in [1.82, 2.24) is 14.7 Å². The van der Waals surface area contributed by atoms with Gasteiger partial charge in [0.25, 0.3) is 0 Å². The van der Waals surface area contributed by atoms with Gasteiger partial charge < -0.3 is 9.64 Å². The van der Waals surface area contributed by atoms with Crippen LogP contribution in [0.3, 0.4) is 0 Å². The molecule has 2 fully saturated rings. The van der Waals surface area contributed by atoms with Crippen LogP contribution in [0.1, 0.15) is 12.0 Å². The normalized spacial score (nSPS) is 24.8. The van der Waals surface area contributed by atoms with E-state index < -0.39 is 0 Å². The average Bonchev–Trinajstić information content (AvgIpc) is 2.96. The van der Waals surface area contributed by atoms with Crippen molar-refractivity contribution in [3.05, 3.63) is 48.3 Å².